The van der Waals surface area contributed by atoms with Crippen molar-refractivity contribution in [2.75, 3.05) is 6.54 Å². The molecule has 0 aliphatic carbocycles. The van der Waals surface area contributed by atoms with Gasteiger partial charge < -0.3 is 16.0 Å². The lowest BCUT2D eigenvalue weighted by Gasteiger charge is -2.23. The highest BCUT2D eigenvalue weighted by Crippen LogP contribution is 1.99. The van der Waals surface area contributed by atoms with Crippen molar-refractivity contribution in [1.82, 2.24) is 16.0 Å². The average molecular weight is 229 g/mol. The van der Waals surface area contributed by atoms with Crippen LogP contribution in [0.4, 0.5) is 4.79 Å². The normalized spacial score (nSPS) is 12.8. The standard InChI is InChI=1S/C11H23N3O2/c1-6-7-12-10(16)13-8(2)9(15)14-11(3,4)5/h8H,6-7H2,1-5H3,(H,14,15)(H2,12,13,16). The maximum atomic E-state index is 11.6. The maximum absolute atomic E-state index is 11.6. The Hall–Kier alpha value is -1.26. The molecule has 3 amide bonds. The summed E-state index contributed by atoms with van der Waals surface area (Å²) in [4.78, 5) is 22.9. The van der Waals surface area contributed by atoms with Crippen LogP contribution >= 0.6 is 0 Å². The van der Waals surface area contributed by atoms with Crippen molar-refractivity contribution in [3.8, 4) is 0 Å². The zero-order valence-corrected chi connectivity index (χ0v) is 10.8. The summed E-state index contributed by atoms with van der Waals surface area (Å²) in [5.74, 6) is -0.181. The van der Waals surface area contributed by atoms with Crippen molar-refractivity contribution >= 4 is 11.9 Å². The van der Waals surface area contributed by atoms with E-state index < -0.39 is 6.04 Å². The molecule has 5 heteroatoms. The van der Waals surface area contributed by atoms with Crippen LogP contribution in [0.5, 0.6) is 0 Å². The van der Waals surface area contributed by atoms with E-state index in [4.69, 9.17) is 0 Å². The molecule has 0 aliphatic rings. The Morgan fingerprint density at radius 2 is 1.81 bits per heavy atom. The highest BCUT2D eigenvalue weighted by molar-refractivity contribution is 5.86. The van der Waals surface area contributed by atoms with Gasteiger partial charge in [0.15, 0.2) is 0 Å². The van der Waals surface area contributed by atoms with E-state index in [9.17, 15) is 9.59 Å². The van der Waals surface area contributed by atoms with Gasteiger partial charge in [-0.3, -0.25) is 4.79 Å². The Labute approximate surface area is 97.4 Å². The summed E-state index contributed by atoms with van der Waals surface area (Å²) in [5.41, 5.74) is -0.285. The van der Waals surface area contributed by atoms with Crippen molar-refractivity contribution in [2.45, 2.75) is 52.6 Å². The van der Waals surface area contributed by atoms with E-state index in [1.807, 2.05) is 27.7 Å². The molecule has 0 aliphatic heterocycles. The first-order valence-electron chi connectivity index (χ1n) is 5.62. The molecule has 0 aromatic heterocycles. The topological polar surface area (TPSA) is 70.2 Å². The number of nitrogens with one attached hydrogen (secondary N) is 3. The fourth-order valence-electron chi connectivity index (χ4n) is 1.03. The second-order valence-corrected chi connectivity index (χ2v) is 4.86. The van der Waals surface area contributed by atoms with Gasteiger partial charge in [0.2, 0.25) is 5.91 Å². The summed E-state index contributed by atoms with van der Waals surface area (Å²) < 4.78 is 0. The van der Waals surface area contributed by atoms with Crippen LogP contribution < -0.4 is 16.0 Å². The molecule has 0 bridgehead atoms. The lowest BCUT2D eigenvalue weighted by molar-refractivity contribution is -0.123. The fraction of sp³-hybridized carbons (Fsp3) is 0.818. The largest absolute Gasteiger partial charge is 0.350 e. The van der Waals surface area contributed by atoms with Crippen LogP contribution in [-0.2, 0) is 4.79 Å². The van der Waals surface area contributed by atoms with Crippen molar-refractivity contribution in [3.05, 3.63) is 0 Å². The van der Waals surface area contributed by atoms with Gasteiger partial charge >= 0.3 is 6.03 Å². The quantitative estimate of drug-likeness (QED) is 0.673. The van der Waals surface area contributed by atoms with E-state index >= 15 is 0 Å². The van der Waals surface area contributed by atoms with Crippen molar-refractivity contribution in [3.63, 3.8) is 0 Å². The first kappa shape index (κ1) is 14.7. The molecule has 0 saturated heterocycles. The molecular weight excluding hydrogens is 206 g/mol. The SMILES string of the molecule is CCCNC(=O)NC(C)C(=O)NC(C)(C)C. The lowest BCUT2D eigenvalue weighted by atomic mass is 10.1. The van der Waals surface area contributed by atoms with E-state index in [0.717, 1.165) is 6.42 Å². The van der Waals surface area contributed by atoms with Crippen LogP contribution in [0.3, 0.4) is 0 Å². The maximum Gasteiger partial charge on any atom is 0.315 e. The predicted molar refractivity (Wildman–Crippen MR) is 64.2 cm³/mol. The molecule has 0 aromatic carbocycles. The van der Waals surface area contributed by atoms with Crippen molar-refractivity contribution in [1.29, 1.82) is 0 Å². The molecule has 1 atom stereocenters. The van der Waals surface area contributed by atoms with E-state index in [1.54, 1.807) is 6.92 Å². The second kappa shape index (κ2) is 6.35. The van der Waals surface area contributed by atoms with Gasteiger partial charge in [0, 0.05) is 12.1 Å². The minimum atomic E-state index is -0.531. The monoisotopic (exact) mass is 229 g/mol. The highest BCUT2D eigenvalue weighted by atomic mass is 16.2. The summed E-state index contributed by atoms with van der Waals surface area (Å²) in [5, 5.41) is 8.02. The Morgan fingerprint density at radius 3 is 2.25 bits per heavy atom. The van der Waals surface area contributed by atoms with Crippen LogP contribution in [0.25, 0.3) is 0 Å². The molecule has 3 N–H and O–H groups in total. The number of hydrogen-bond acceptors (Lipinski definition) is 2. The molecule has 0 spiro atoms. The summed E-state index contributed by atoms with van der Waals surface area (Å²) in [6.07, 6.45) is 0.871. The van der Waals surface area contributed by atoms with Gasteiger partial charge in [0.1, 0.15) is 6.04 Å². The molecule has 1 unspecified atom stereocenters. The van der Waals surface area contributed by atoms with Crippen LogP contribution in [0.1, 0.15) is 41.0 Å². The minimum absolute atomic E-state index is 0.181. The zero-order valence-electron chi connectivity index (χ0n) is 10.8. The third kappa shape index (κ3) is 7.09. The number of carbonyl (C=O) groups is 2. The smallest absolute Gasteiger partial charge is 0.315 e. The summed E-state index contributed by atoms with van der Waals surface area (Å²) in [6.45, 7) is 9.93. The summed E-state index contributed by atoms with van der Waals surface area (Å²) >= 11 is 0. The number of rotatable bonds is 4. The second-order valence-electron chi connectivity index (χ2n) is 4.86. The van der Waals surface area contributed by atoms with Crippen LogP contribution in [0.15, 0.2) is 0 Å². The molecule has 0 rings (SSSR count). The molecule has 0 fully saturated rings. The van der Waals surface area contributed by atoms with E-state index in [2.05, 4.69) is 16.0 Å². The van der Waals surface area contributed by atoms with E-state index in [-0.39, 0.29) is 17.5 Å². The molecule has 5 nitrogen and oxygen atoms in total. The fourth-order valence-corrected chi connectivity index (χ4v) is 1.03. The molecule has 16 heavy (non-hydrogen) atoms. The molecule has 0 heterocycles. The van der Waals surface area contributed by atoms with Crippen LogP contribution in [0, 0.1) is 0 Å². The summed E-state index contributed by atoms with van der Waals surface area (Å²) in [6, 6.07) is -0.838. The number of amides is 3. The van der Waals surface area contributed by atoms with Gasteiger partial charge in [-0.1, -0.05) is 6.92 Å². The highest BCUT2D eigenvalue weighted by Gasteiger charge is 2.20. The summed E-state index contributed by atoms with van der Waals surface area (Å²) in [7, 11) is 0. The average Bonchev–Trinajstić information content (AvgIpc) is 2.11. The Morgan fingerprint density at radius 1 is 1.25 bits per heavy atom. The Bertz CT molecular complexity index is 246. The zero-order chi connectivity index (χ0) is 12.8. The van der Waals surface area contributed by atoms with Crippen LogP contribution in [-0.4, -0.2) is 30.1 Å². The first-order valence-corrected chi connectivity index (χ1v) is 5.62. The van der Waals surface area contributed by atoms with Gasteiger partial charge in [-0.2, -0.15) is 0 Å². The van der Waals surface area contributed by atoms with E-state index in [1.165, 1.54) is 0 Å². The lowest BCUT2D eigenvalue weighted by Crippen LogP contribution is -2.52. The molecule has 0 radical (unpaired) electrons. The third-order valence-corrected chi connectivity index (χ3v) is 1.77. The number of urea groups is 1. The molecule has 94 valence electrons. The van der Waals surface area contributed by atoms with Gasteiger partial charge in [0.25, 0.3) is 0 Å². The molecule has 0 aromatic rings. The van der Waals surface area contributed by atoms with Gasteiger partial charge in [-0.25, -0.2) is 4.79 Å². The minimum Gasteiger partial charge on any atom is -0.350 e. The molecular formula is C11H23N3O2. The predicted octanol–water partition coefficient (Wildman–Crippen LogP) is 0.999. The van der Waals surface area contributed by atoms with Crippen molar-refractivity contribution < 1.29 is 9.59 Å². The van der Waals surface area contributed by atoms with Crippen molar-refractivity contribution in [2.24, 2.45) is 0 Å². The number of hydrogen-bond donors (Lipinski definition) is 3. The Balaban J connectivity index is 4.01. The van der Waals surface area contributed by atoms with Gasteiger partial charge in [0.05, 0.1) is 0 Å². The molecule has 0 saturated carbocycles. The Kier molecular flexibility index (Phi) is 5.85. The van der Waals surface area contributed by atoms with E-state index in [0.29, 0.717) is 6.54 Å². The van der Waals surface area contributed by atoms with Gasteiger partial charge in [-0.15, -0.1) is 0 Å². The van der Waals surface area contributed by atoms with Crippen LogP contribution in [0.2, 0.25) is 0 Å². The first-order chi connectivity index (χ1) is 7.26. The number of carbonyl (C=O) groups excluding carboxylic acids is 2. The van der Waals surface area contributed by atoms with Gasteiger partial charge in [-0.05, 0) is 34.1 Å². The third-order valence-electron chi connectivity index (χ3n) is 1.77.